The van der Waals surface area contributed by atoms with Gasteiger partial charge in [-0.05, 0) is 19.4 Å². The number of halogens is 2. The Kier molecular flexibility index (Phi) is 4.45. The zero-order valence-corrected chi connectivity index (χ0v) is 14.4. The second kappa shape index (κ2) is 6.23. The minimum absolute atomic E-state index is 0.0304. The Morgan fingerprint density at radius 3 is 2.91 bits per heavy atom. The van der Waals surface area contributed by atoms with E-state index in [9.17, 15) is 9.90 Å². The smallest absolute Gasteiger partial charge is 0.227 e. The van der Waals surface area contributed by atoms with E-state index in [0.29, 0.717) is 34.3 Å². The lowest BCUT2D eigenvalue weighted by Gasteiger charge is -2.14. The normalized spacial score (nSPS) is 19.2. The summed E-state index contributed by atoms with van der Waals surface area (Å²) in [6.45, 7) is 4.20. The minimum Gasteiger partial charge on any atom is -0.490 e. The van der Waals surface area contributed by atoms with Gasteiger partial charge in [0.2, 0.25) is 5.91 Å². The van der Waals surface area contributed by atoms with Crippen LogP contribution in [-0.2, 0) is 11.2 Å². The lowest BCUT2D eigenvalue weighted by molar-refractivity contribution is -0.121. The van der Waals surface area contributed by atoms with Crippen molar-refractivity contribution in [1.29, 1.82) is 0 Å². The van der Waals surface area contributed by atoms with Crippen molar-refractivity contribution < 1.29 is 14.6 Å². The number of H-pyrrole nitrogens is 1. The van der Waals surface area contributed by atoms with Crippen molar-refractivity contribution in [1.82, 2.24) is 10.3 Å². The number of ether oxygens (including phenoxy) is 1. The van der Waals surface area contributed by atoms with Crippen molar-refractivity contribution in [2.24, 2.45) is 0 Å². The Hall–Kier alpha value is -1.43. The fourth-order valence-corrected chi connectivity index (χ4v) is 3.34. The first-order valence-electron chi connectivity index (χ1n) is 7.51. The summed E-state index contributed by atoms with van der Waals surface area (Å²) >= 11 is 12.5. The van der Waals surface area contributed by atoms with Gasteiger partial charge < -0.3 is 20.1 Å². The second-order valence-corrected chi connectivity index (χ2v) is 6.65. The molecule has 1 aliphatic heterocycles. The van der Waals surface area contributed by atoms with Crippen molar-refractivity contribution in [3.05, 3.63) is 27.4 Å². The number of aromatic amines is 1. The van der Waals surface area contributed by atoms with E-state index in [1.807, 2.05) is 6.92 Å². The molecular formula is C16H18Cl2N2O3. The van der Waals surface area contributed by atoms with Gasteiger partial charge in [0.1, 0.15) is 12.4 Å². The van der Waals surface area contributed by atoms with Gasteiger partial charge in [0.05, 0.1) is 27.6 Å². The van der Waals surface area contributed by atoms with Crippen LogP contribution in [-0.4, -0.2) is 35.3 Å². The molecule has 0 spiro atoms. The van der Waals surface area contributed by atoms with E-state index < -0.39 is 6.10 Å². The summed E-state index contributed by atoms with van der Waals surface area (Å²) in [5.74, 6) is 0.166. The average molecular weight is 357 g/mol. The number of aliphatic hydroxyl groups is 1. The van der Waals surface area contributed by atoms with E-state index in [2.05, 4.69) is 10.3 Å². The zero-order chi connectivity index (χ0) is 16.7. The molecular weight excluding hydrogens is 339 g/mol. The van der Waals surface area contributed by atoms with Gasteiger partial charge in [-0.25, -0.2) is 0 Å². The van der Waals surface area contributed by atoms with Crippen LogP contribution in [0.25, 0.3) is 10.9 Å². The zero-order valence-electron chi connectivity index (χ0n) is 12.9. The highest BCUT2D eigenvalue weighted by Crippen LogP contribution is 2.43. The molecule has 1 aromatic heterocycles. The number of rotatable bonds is 3. The van der Waals surface area contributed by atoms with Crippen LogP contribution in [0.5, 0.6) is 5.75 Å². The van der Waals surface area contributed by atoms with Crippen molar-refractivity contribution in [3.63, 3.8) is 0 Å². The molecule has 7 heteroatoms. The van der Waals surface area contributed by atoms with E-state index >= 15 is 0 Å². The van der Waals surface area contributed by atoms with Gasteiger partial charge in [-0.2, -0.15) is 0 Å². The molecule has 1 aliphatic rings. The summed E-state index contributed by atoms with van der Waals surface area (Å²) in [6, 6.07) is 1.64. The molecule has 0 fully saturated rings. The van der Waals surface area contributed by atoms with E-state index in [1.54, 1.807) is 13.0 Å². The van der Waals surface area contributed by atoms with Crippen molar-refractivity contribution in [3.8, 4) is 5.75 Å². The molecule has 0 saturated carbocycles. The Morgan fingerprint density at radius 2 is 2.22 bits per heavy atom. The molecule has 3 N–H and O–H groups in total. The molecule has 3 rings (SSSR count). The predicted molar refractivity (Wildman–Crippen MR) is 90.6 cm³/mol. The molecule has 124 valence electrons. The van der Waals surface area contributed by atoms with Gasteiger partial charge in [0, 0.05) is 30.1 Å². The van der Waals surface area contributed by atoms with Gasteiger partial charge in [-0.1, -0.05) is 23.2 Å². The number of fused-ring (bicyclic) bond motifs is 3. The van der Waals surface area contributed by atoms with Crippen LogP contribution in [0.4, 0.5) is 0 Å². The van der Waals surface area contributed by atoms with Crippen LogP contribution in [0.15, 0.2) is 6.07 Å². The molecule has 5 nitrogen and oxygen atoms in total. The van der Waals surface area contributed by atoms with Crippen LogP contribution in [0.3, 0.4) is 0 Å². The Bertz CT molecular complexity index is 771. The number of benzene rings is 1. The monoisotopic (exact) mass is 356 g/mol. The molecule has 0 radical (unpaired) electrons. The largest absolute Gasteiger partial charge is 0.490 e. The van der Waals surface area contributed by atoms with Crippen LogP contribution < -0.4 is 10.1 Å². The summed E-state index contributed by atoms with van der Waals surface area (Å²) in [7, 11) is 0. The molecule has 0 bridgehead atoms. The molecule has 2 heterocycles. The van der Waals surface area contributed by atoms with Crippen molar-refractivity contribution in [2.45, 2.75) is 32.3 Å². The summed E-state index contributed by atoms with van der Waals surface area (Å²) in [6.07, 6.45) is 0.0712. The van der Waals surface area contributed by atoms with Crippen LogP contribution in [0, 0.1) is 0 Å². The van der Waals surface area contributed by atoms with Crippen LogP contribution in [0.2, 0.25) is 10.0 Å². The maximum atomic E-state index is 12.2. The molecule has 0 saturated heterocycles. The number of aromatic nitrogens is 1. The van der Waals surface area contributed by atoms with Gasteiger partial charge in [-0.3, -0.25) is 4.79 Å². The average Bonchev–Trinajstić information content (AvgIpc) is 2.82. The highest BCUT2D eigenvalue weighted by molar-refractivity contribution is 6.45. The first-order chi connectivity index (χ1) is 10.9. The summed E-state index contributed by atoms with van der Waals surface area (Å²) in [5.41, 5.74) is 2.51. The third kappa shape index (κ3) is 2.89. The summed E-state index contributed by atoms with van der Waals surface area (Å²) in [5, 5.41) is 13.9. The van der Waals surface area contributed by atoms with E-state index in [4.69, 9.17) is 27.9 Å². The number of aliphatic hydroxyl groups excluding tert-OH is 1. The minimum atomic E-state index is -0.613. The highest BCUT2D eigenvalue weighted by atomic mass is 35.5. The molecule has 0 aliphatic carbocycles. The first-order valence-corrected chi connectivity index (χ1v) is 8.26. The van der Waals surface area contributed by atoms with E-state index in [0.717, 1.165) is 16.6 Å². The third-order valence-corrected chi connectivity index (χ3v) is 4.82. The first kappa shape index (κ1) is 16.4. The number of nitrogens with one attached hydrogen (secondary N) is 2. The standard InChI is InChI=1S/C16H18Cl2N2O3/c1-7(21)6-23-11-5-9(17)14(18)15-13(11)12-8(2)16(22)19-4-3-10(12)20-15/h5,7-8,20-21H,3-4,6H2,1-2H3,(H,19,22)/t7-,8?/m0/s1. The van der Waals surface area contributed by atoms with Gasteiger partial charge in [-0.15, -0.1) is 0 Å². The fraction of sp³-hybridized carbons (Fsp3) is 0.438. The van der Waals surface area contributed by atoms with Crippen molar-refractivity contribution in [2.75, 3.05) is 13.2 Å². The highest BCUT2D eigenvalue weighted by Gasteiger charge is 2.29. The maximum Gasteiger partial charge on any atom is 0.227 e. The maximum absolute atomic E-state index is 12.2. The van der Waals surface area contributed by atoms with E-state index in [1.165, 1.54) is 0 Å². The van der Waals surface area contributed by atoms with Crippen LogP contribution in [0.1, 0.15) is 31.0 Å². The molecule has 2 atom stereocenters. The lowest BCUT2D eigenvalue weighted by atomic mass is 9.96. The van der Waals surface area contributed by atoms with Gasteiger partial charge in [0.25, 0.3) is 0 Å². The number of carbonyl (C=O) groups excluding carboxylic acids is 1. The lowest BCUT2D eigenvalue weighted by Crippen LogP contribution is -2.26. The SMILES string of the molecule is CC1C(=O)NCCc2[nH]c3c(Cl)c(Cl)cc(OC[C@H](C)O)c3c21. The Morgan fingerprint density at radius 1 is 1.48 bits per heavy atom. The Balaban J connectivity index is 2.25. The molecule has 1 unspecified atom stereocenters. The molecule has 1 aromatic carbocycles. The fourth-order valence-electron chi connectivity index (χ4n) is 2.95. The number of hydrogen-bond donors (Lipinski definition) is 3. The molecule has 1 amide bonds. The summed E-state index contributed by atoms with van der Waals surface area (Å²) < 4.78 is 5.72. The molecule has 23 heavy (non-hydrogen) atoms. The van der Waals surface area contributed by atoms with Crippen molar-refractivity contribution >= 4 is 40.0 Å². The third-order valence-electron chi connectivity index (χ3n) is 4.03. The summed E-state index contributed by atoms with van der Waals surface area (Å²) in [4.78, 5) is 15.5. The number of amides is 1. The topological polar surface area (TPSA) is 74.4 Å². The second-order valence-electron chi connectivity index (χ2n) is 5.86. The number of hydrogen-bond acceptors (Lipinski definition) is 3. The quantitative estimate of drug-likeness (QED) is 0.791. The van der Waals surface area contributed by atoms with E-state index in [-0.39, 0.29) is 18.4 Å². The van der Waals surface area contributed by atoms with Gasteiger partial charge in [0.15, 0.2) is 0 Å². The van der Waals surface area contributed by atoms with Gasteiger partial charge >= 0.3 is 0 Å². The predicted octanol–water partition coefficient (Wildman–Crippen LogP) is 3.01. The Labute approximate surface area is 143 Å². The molecule has 2 aromatic rings. The number of carbonyl (C=O) groups is 1. The van der Waals surface area contributed by atoms with Crippen LogP contribution >= 0.6 is 23.2 Å².